The van der Waals surface area contributed by atoms with E-state index in [-0.39, 0.29) is 6.10 Å². The van der Waals surface area contributed by atoms with E-state index in [0.717, 1.165) is 23.3 Å². The fourth-order valence-corrected chi connectivity index (χ4v) is 2.40. The van der Waals surface area contributed by atoms with Crippen molar-refractivity contribution < 1.29 is 4.74 Å². The van der Waals surface area contributed by atoms with Crippen molar-refractivity contribution >= 4 is 15.9 Å². The van der Waals surface area contributed by atoms with Crippen molar-refractivity contribution in [3.63, 3.8) is 0 Å². The Bertz CT molecular complexity index is 540. The van der Waals surface area contributed by atoms with Crippen LogP contribution in [-0.2, 0) is 13.1 Å². The molecule has 0 atom stereocenters. The predicted octanol–water partition coefficient (Wildman–Crippen LogP) is 4.53. The first-order chi connectivity index (χ1) is 9.65. The first-order valence-electron chi connectivity index (χ1n) is 6.85. The van der Waals surface area contributed by atoms with Gasteiger partial charge in [-0.05, 0) is 37.6 Å². The van der Waals surface area contributed by atoms with Gasteiger partial charge in [-0.3, -0.25) is 0 Å². The highest BCUT2D eigenvalue weighted by molar-refractivity contribution is 9.10. The van der Waals surface area contributed by atoms with E-state index in [9.17, 15) is 0 Å². The number of benzene rings is 2. The fraction of sp³-hybridized carbons (Fsp3) is 0.294. The average molecular weight is 334 g/mol. The largest absolute Gasteiger partial charge is 0.491 e. The summed E-state index contributed by atoms with van der Waals surface area (Å²) in [6.45, 7) is 5.73. The van der Waals surface area contributed by atoms with Gasteiger partial charge in [-0.1, -0.05) is 46.3 Å². The lowest BCUT2D eigenvalue weighted by Gasteiger charge is -2.15. The molecule has 0 aliphatic heterocycles. The molecule has 0 aliphatic rings. The number of hydrogen-bond donors (Lipinski definition) is 1. The van der Waals surface area contributed by atoms with E-state index in [1.54, 1.807) is 0 Å². The highest BCUT2D eigenvalue weighted by Crippen LogP contribution is 2.24. The Balaban J connectivity index is 1.99. The summed E-state index contributed by atoms with van der Waals surface area (Å²) in [5.41, 5.74) is 2.46. The Morgan fingerprint density at radius 2 is 1.80 bits per heavy atom. The minimum absolute atomic E-state index is 0.184. The summed E-state index contributed by atoms with van der Waals surface area (Å²) in [6.07, 6.45) is 0.184. The van der Waals surface area contributed by atoms with Gasteiger partial charge < -0.3 is 10.1 Å². The Labute approximate surface area is 129 Å². The van der Waals surface area contributed by atoms with Crippen LogP contribution in [0.3, 0.4) is 0 Å². The number of rotatable bonds is 6. The second kappa shape index (κ2) is 7.46. The number of ether oxygens (including phenoxy) is 1. The number of hydrogen-bond acceptors (Lipinski definition) is 2. The van der Waals surface area contributed by atoms with Crippen molar-refractivity contribution in [2.75, 3.05) is 0 Å². The lowest BCUT2D eigenvalue weighted by Crippen LogP contribution is -2.15. The lowest BCUT2D eigenvalue weighted by atomic mass is 10.2. The molecule has 0 amide bonds. The van der Waals surface area contributed by atoms with Gasteiger partial charge in [0.25, 0.3) is 0 Å². The van der Waals surface area contributed by atoms with Gasteiger partial charge in [0, 0.05) is 23.1 Å². The summed E-state index contributed by atoms with van der Waals surface area (Å²) >= 11 is 3.52. The van der Waals surface area contributed by atoms with Crippen LogP contribution >= 0.6 is 15.9 Å². The van der Waals surface area contributed by atoms with Crippen LogP contribution in [0.2, 0.25) is 0 Å². The minimum Gasteiger partial charge on any atom is -0.491 e. The number of halogens is 1. The molecule has 0 saturated heterocycles. The van der Waals surface area contributed by atoms with Crippen LogP contribution in [0.25, 0.3) is 0 Å². The number of nitrogens with one attached hydrogen (secondary N) is 1. The summed E-state index contributed by atoms with van der Waals surface area (Å²) in [4.78, 5) is 0. The molecule has 0 spiro atoms. The third kappa shape index (κ3) is 4.66. The van der Waals surface area contributed by atoms with E-state index < -0.39 is 0 Å². The lowest BCUT2D eigenvalue weighted by molar-refractivity contribution is 0.239. The third-order valence-electron chi connectivity index (χ3n) is 2.87. The predicted molar refractivity (Wildman–Crippen MR) is 86.9 cm³/mol. The van der Waals surface area contributed by atoms with Crippen LogP contribution in [0.15, 0.2) is 53.0 Å². The molecule has 1 N–H and O–H groups in total. The maximum Gasteiger partial charge on any atom is 0.124 e. The molecule has 0 unspecified atom stereocenters. The van der Waals surface area contributed by atoms with Crippen LogP contribution < -0.4 is 10.1 Å². The molecule has 20 heavy (non-hydrogen) atoms. The monoisotopic (exact) mass is 333 g/mol. The van der Waals surface area contributed by atoms with E-state index >= 15 is 0 Å². The summed E-state index contributed by atoms with van der Waals surface area (Å²) in [5.74, 6) is 0.948. The molecule has 2 aromatic carbocycles. The van der Waals surface area contributed by atoms with Gasteiger partial charge in [-0.2, -0.15) is 0 Å². The summed E-state index contributed by atoms with van der Waals surface area (Å²) in [7, 11) is 0. The second-order valence-electron chi connectivity index (χ2n) is 5.01. The molecule has 0 bridgehead atoms. The van der Waals surface area contributed by atoms with Crippen molar-refractivity contribution in [3.05, 3.63) is 64.1 Å². The van der Waals surface area contributed by atoms with Gasteiger partial charge in [0.05, 0.1) is 6.10 Å². The molecule has 0 radical (unpaired) electrons. The van der Waals surface area contributed by atoms with Gasteiger partial charge >= 0.3 is 0 Å². The summed E-state index contributed by atoms with van der Waals surface area (Å²) in [5, 5.41) is 3.46. The normalized spacial score (nSPS) is 10.8. The van der Waals surface area contributed by atoms with Gasteiger partial charge in [0.2, 0.25) is 0 Å². The molecule has 3 heteroatoms. The maximum atomic E-state index is 5.84. The summed E-state index contributed by atoms with van der Waals surface area (Å²) < 4.78 is 6.92. The van der Waals surface area contributed by atoms with Gasteiger partial charge in [-0.15, -0.1) is 0 Å². The van der Waals surface area contributed by atoms with Crippen molar-refractivity contribution in [1.29, 1.82) is 0 Å². The highest BCUT2D eigenvalue weighted by atomic mass is 79.9. The first-order valence-corrected chi connectivity index (χ1v) is 7.64. The van der Waals surface area contributed by atoms with Crippen LogP contribution in [0.4, 0.5) is 0 Å². The van der Waals surface area contributed by atoms with Crippen LogP contribution in [0.5, 0.6) is 5.75 Å². The zero-order valence-electron chi connectivity index (χ0n) is 11.9. The molecule has 2 aromatic rings. The molecule has 0 aromatic heterocycles. The average Bonchev–Trinajstić information content (AvgIpc) is 2.42. The van der Waals surface area contributed by atoms with Gasteiger partial charge in [0.1, 0.15) is 5.75 Å². The van der Waals surface area contributed by atoms with E-state index in [2.05, 4.69) is 51.6 Å². The molecule has 2 nitrogen and oxygen atoms in total. The zero-order valence-corrected chi connectivity index (χ0v) is 13.5. The Kier molecular flexibility index (Phi) is 5.62. The molecule has 2 rings (SSSR count). The highest BCUT2D eigenvalue weighted by Gasteiger charge is 2.06. The molecular formula is C17H20BrNO. The third-order valence-corrected chi connectivity index (χ3v) is 3.37. The van der Waals surface area contributed by atoms with E-state index in [1.165, 1.54) is 11.1 Å². The smallest absolute Gasteiger partial charge is 0.124 e. The Morgan fingerprint density at radius 3 is 2.50 bits per heavy atom. The van der Waals surface area contributed by atoms with Gasteiger partial charge in [-0.25, -0.2) is 0 Å². The zero-order chi connectivity index (χ0) is 14.4. The first kappa shape index (κ1) is 15.1. The second-order valence-corrected chi connectivity index (χ2v) is 5.92. The van der Waals surface area contributed by atoms with Crippen molar-refractivity contribution in [2.24, 2.45) is 0 Å². The molecule has 0 fully saturated rings. The van der Waals surface area contributed by atoms with Crippen molar-refractivity contribution in [2.45, 2.75) is 33.0 Å². The SMILES string of the molecule is CC(C)Oc1ccc(Br)cc1CNCc1ccccc1. The topological polar surface area (TPSA) is 21.3 Å². The standard InChI is InChI=1S/C17H20BrNO/c1-13(2)20-17-9-8-16(18)10-15(17)12-19-11-14-6-4-3-5-7-14/h3-10,13,19H,11-12H2,1-2H3. The molecule has 0 aliphatic carbocycles. The Hall–Kier alpha value is -1.32. The van der Waals surface area contributed by atoms with Crippen molar-refractivity contribution in [1.82, 2.24) is 5.32 Å². The van der Waals surface area contributed by atoms with Crippen molar-refractivity contribution in [3.8, 4) is 5.75 Å². The fourth-order valence-electron chi connectivity index (χ4n) is 1.99. The maximum absolute atomic E-state index is 5.84. The Morgan fingerprint density at radius 1 is 1.05 bits per heavy atom. The van der Waals surface area contributed by atoms with Crippen LogP contribution in [-0.4, -0.2) is 6.10 Å². The minimum atomic E-state index is 0.184. The molecule has 0 saturated carbocycles. The summed E-state index contributed by atoms with van der Waals surface area (Å²) in [6, 6.07) is 16.5. The van der Waals surface area contributed by atoms with E-state index in [1.807, 2.05) is 32.0 Å². The van der Waals surface area contributed by atoms with Crippen LogP contribution in [0, 0.1) is 0 Å². The van der Waals surface area contributed by atoms with E-state index in [0.29, 0.717) is 0 Å². The van der Waals surface area contributed by atoms with E-state index in [4.69, 9.17) is 4.74 Å². The quantitative estimate of drug-likeness (QED) is 0.838. The molecule has 0 heterocycles. The molecular weight excluding hydrogens is 314 g/mol. The molecule has 106 valence electrons. The van der Waals surface area contributed by atoms with Crippen LogP contribution in [0.1, 0.15) is 25.0 Å². The van der Waals surface area contributed by atoms with Gasteiger partial charge in [0.15, 0.2) is 0 Å².